The van der Waals surface area contributed by atoms with Crippen LogP contribution < -0.4 is 11.5 Å². The lowest BCUT2D eigenvalue weighted by Crippen LogP contribution is -2.51. The number of nitrogen functional groups attached to an aromatic ring is 2. The Hall–Kier alpha value is -1.76. The Morgan fingerprint density at radius 3 is 2.26 bits per heavy atom. The van der Waals surface area contributed by atoms with Crippen molar-refractivity contribution < 1.29 is 22.3 Å². The molecule has 4 aliphatic carbocycles. The van der Waals surface area contributed by atoms with E-state index in [-0.39, 0.29) is 23.2 Å². The molecule has 3 fully saturated rings. The molecule has 4 aliphatic rings. The normalized spacial score (nSPS) is 35.8. The Kier molecular flexibility index (Phi) is 8.52. The van der Waals surface area contributed by atoms with Gasteiger partial charge < -0.3 is 16.2 Å². The summed E-state index contributed by atoms with van der Waals surface area (Å²) in [7, 11) is 0. The molecule has 3 nitrogen and oxygen atoms in total. The zero-order chi connectivity index (χ0) is 30.7. The van der Waals surface area contributed by atoms with E-state index in [1.807, 2.05) is 0 Å². The zero-order valence-corrected chi connectivity index (χ0v) is 26.2. The van der Waals surface area contributed by atoms with Crippen LogP contribution in [0.1, 0.15) is 111 Å². The fraction of sp³-hybridized carbons (Fsp3) is 0.771. The minimum absolute atomic E-state index is 0.0782. The highest BCUT2D eigenvalue weighted by atomic mass is 19.3. The minimum Gasteiger partial charge on any atom is -0.399 e. The van der Waals surface area contributed by atoms with Crippen LogP contribution in [0.5, 0.6) is 0 Å². The van der Waals surface area contributed by atoms with Crippen molar-refractivity contribution in [1.29, 1.82) is 0 Å². The van der Waals surface area contributed by atoms with Crippen molar-refractivity contribution >= 4 is 11.4 Å². The summed E-state index contributed by atoms with van der Waals surface area (Å²) in [5.74, 6) is -0.442. The van der Waals surface area contributed by atoms with Gasteiger partial charge in [0.15, 0.2) is 0 Å². The Balaban J connectivity index is 1.27. The second-order valence-corrected chi connectivity index (χ2v) is 15.3. The van der Waals surface area contributed by atoms with Crippen LogP contribution in [0.15, 0.2) is 29.8 Å². The van der Waals surface area contributed by atoms with E-state index >= 15 is 17.6 Å². The molecular formula is C35H52F4N2O. The number of anilines is 2. The lowest BCUT2D eigenvalue weighted by atomic mass is 9.47. The molecule has 7 heteroatoms. The van der Waals surface area contributed by atoms with Crippen LogP contribution in [0.3, 0.4) is 0 Å². The van der Waals surface area contributed by atoms with Crippen molar-refractivity contribution in [1.82, 2.24) is 0 Å². The van der Waals surface area contributed by atoms with Crippen molar-refractivity contribution in [2.75, 3.05) is 11.5 Å². The van der Waals surface area contributed by atoms with Crippen molar-refractivity contribution in [3.05, 3.63) is 35.4 Å². The van der Waals surface area contributed by atoms with Gasteiger partial charge in [0, 0.05) is 16.9 Å². The highest BCUT2D eigenvalue weighted by molar-refractivity contribution is 5.55. The molecule has 4 unspecified atom stereocenters. The summed E-state index contributed by atoms with van der Waals surface area (Å²) in [5, 5.41) is 0. The lowest BCUT2D eigenvalue weighted by molar-refractivity contribution is -0.369. The van der Waals surface area contributed by atoms with Crippen molar-refractivity contribution in [2.24, 2.45) is 46.3 Å². The first-order chi connectivity index (χ1) is 19.6. The molecule has 42 heavy (non-hydrogen) atoms. The molecule has 1 aromatic rings. The third-order valence-electron chi connectivity index (χ3n) is 12.3. The number of hydrogen-bond acceptors (Lipinski definition) is 3. The summed E-state index contributed by atoms with van der Waals surface area (Å²) >= 11 is 0. The molecule has 5 rings (SSSR count). The van der Waals surface area contributed by atoms with Gasteiger partial charge in [-0.25, -0.2) is 0 Å². The number of fused-ring (bicyclic) bond motifs is 5. The maximum absolute atomic E-state index is 15.1. The molecule has 0 aromatic heterocycles. The average molecular weight is 593 g/mol. The van der Waals surface area contributed by atoms with E-state index in [0.29, 0.717) is 36.0 Å². The van der Waals surface area contributed by atoms with Gasteiger partial charge in [0.25, 0.3) is 0 Å². The van der Waals surface area contributed by atoms with Crippen molar-refractivity contribution in [3.8, 4) is 0 Å². The second-order valence-electron chi connectivity index (χ2n) is 15.3. The Labute approximate surface area is 250 Å². The predicted octanol–water partition coefficient (Wildman–Crippen LogP) is 9.96. The number of allylic oxidation sites excluding steroid dienone is 1. The number of rotatable bonds is 9. The van der Waals surface area contributed by atoms with Gasteiger partial charge in [-0.3, -0.25) is 0 Å². The molecule has 1 aromatic carbocycles. The Bertz CT molecular complexity index is 1150. The quantitative estimate of drug-likeness (QED) is 0.170. The third-order valence-corrected chi connectivity index (χ3v) is 12.3. The fourth-order valence-corrected chi connectivity index (χ4v) is 10.1. The first kappa shape index (κ1) is 31.7. The summed E-state index contributed by atoms with van der Waals surface area (Å²) in [6.45, 7) is 12.0. The monoisotopic (exact) mass is 592 g/mol. The van der Waals surface area contributed by atoms with Gasteiger partial charge >= 0.3 is 12.0 Å². The number of ether oxygens (including phenoxy) is 1. The van der Waals surface area contributed by atoms with E-state index in [1.54, 1.807) is 0 Å². The van der Waals surface area contributed by atoms with E-state index in [4.69, 9.17) is 16.2 Å². The van der Waals surface area contributed by atoms with Crippen LogP contribution in [0.25, 0.3) is 0 Å². The molecule has 0 bridgehead atoms. The van der Waals surface area contributed by atoms with Gasteiger partial charge in [-0.05, 0) is 116 Å². The average Bonchev–Trinajstić information content (AvgIpc) is 3.25. The van der Waals surface area contributed by atoms with Crippen LogP contribution in [0, 0.1) is 46.3 Å². The molecule has 4 N–H and O–H groups in total. The summed E-state index contributed by atoms with van der Waals surface area (Å²) in [6.07, 6.45) is 7.85. The highest BCUT2D eigenvalue weighted by Gasteiger charge is 2.62. The van der Waals surface area contributed by atoms with Gasteiger partial charge in [-0.1, -0.05) is 65.5 Å². The van der Waals surface area contributed by atoms with E-state index in [9.17, 15) is 0 Å². The highest BCUT2D eigenvalue weighted by Crippen LogP contribution is 2.67. The minimum atomic E-state index is -4.68. The topological polar surface area (TPSA) is 61.3 Å². The largest absolute Gasteiger partial charge is 0.424 e. The van der Waals surface area contributed by atoms with Crippen LogP contribution in [0.4, 0.5) is 28.9 Å². The molecule has 236 valence electrons. The second kappa shape index (κ2) is 11.3. The Morgan fingerprint density at radius 1 is 0.905 bits per heavy atom. The summed E-state index contributed by atoms with van der Waals surface area (Å²) in [5.41, 5.74) is 11.5. The molecule has 0 amide bonds. The lowest BCUT2D eigenvalue weighted by Gasteiger charge is -2.58. The number of hydrogen-bond donors (Lipinski definition) is 2. The first-order valence-electron chi connectivity index (χ1n) is 16.4. The fourth-order valence-electron chi connectivity index (χ4n) is 10.1. The van der Waals surface area contributed by atoms with E-state index < -0.39 is 23.7 Å². The number of benzene rings is 1. The van der Waals surface area contributed by atoms with Crippen LogP contribution in [0.2, 0.25) is 0 Å². The molecular weight excluding hydrogens is 540 g/mol. The van der Waals surface area contributed by atoms with Gasteiger partial charge in [-0.15, -0.1) is 0 Å². The molecule has 8 atom stereocenters. The molecule has 0 saturated heterocycles. The smallest absolute Gasteiger partial charge is 0.399 e. The summed E-state index contributed by atoms with van der Waals surface area (Å²) in [6, 6.07) is 2.94. The maximum Gasteiger partial charge on any atom is 0.424 e. The van der Waals surface area contributed by atoms with E-state index in [2.05, 4.69) is 40.7 Å². The SMILES string of the molecule is CC(C)CCC[C@@H](C)[C@H]1CCC2C3CC=C4CC(OC(F)(F)C(F)(F)c5cc(N)cc(N)c5)CC[C@]4(C)C3CC[C@@]21C. The van der Waals surface area contributed by atoms with Crippen molar-refractivity contribution in [3.63, 3.8) is 0 Å². The van der Waals surface area contributed by atoms with E-state index in [0.717, 1.165) is 48.3 Å². The predicted molar refractivity (Wildman–Crippen MR) is 162 cm³/mol. The third kappa shape index (κ3) is 5.49. The van der Waals surface area contributed by atoms with Crippen LogP contribution in [-0.4, -0.2) is 12.2 Å². The van der Waals surface area contributed by atoms with Crippen molar-refractivity contribution in [2.45, 2.75) is 123 Å². The number of halogens is 4. The van der Waals surface area contributed by atoms with Gasteiger partial charge in [0.1, 0.15) is 0 Å². The van der Waals surface area contributed by atoms with Crippen LogP contribution >= 0.6 is 0 Å². The summed E-state index contributed by atoms with van der Waals surface area (Å²) in [4.78, 5) is 0. The Morgan fingerprint density at radius 2 is 1.60 bits per heavy atom. The molecule has 3 saturated carbocycles. The molecule has 0 heterocycles. The van der Waals surface area contributed by atoms with Gasteiger partial charge in [0.2, 0.25) is 0 Å². The molecule has 0 spiro atoms. The van der Waals surface area contributed by atoms with E-state index in [1.165, 1.54) is 44.6 Å². The van der Waals surface area contributed by atoms with Gasteiger partial charge in [0.05, 0.1) is 6.10 Å². The summed E-state index contributed by atoms with van der Waals surface area (Å²) < 4.78 is 65.2. The maximum atomic E-state index is 15.1. The first-order valence-corrected chi connectivity index (χ1v) is 16.4. The number of nitrogens with two attached hydrogens (primary N) is 2. The van der Waals surface area contributed by atoms with Crippen LogP contribution in [-0.2, 0) is 10.7 Å². The number of alkyl halides is 4. The molecule has 0 radical (unpaired) electrons. The van der Waals surface area contributed by atoms with Gasteiger partial charge in [-0.2, -0.15) is 17.6 Å². The standard InChI is InChI=1S/C35H52F4N2O/c1-21(2)7-6-8-22(3)29-11-12-30-28-10-9-23-19-27(13-15-32(23,4)31(28)14-16-33(29,30)5)42-35(38,39)34(36,37)24-17-25(40)20-26(41)18-24/h9,17-18,20-22,27-31H,6-8,10-16,19,40-41H2,1-5H3/t22-,27?,28?,29-,30?,31?,32+,33-/m1/s1. The molecule has 0 aliphatic heterocycles. The zero-order valence-electron chi connectivity index (χ0n) is 26.2.